The molecule has 0 heterocycles. The zero-order chi connectivity index (χ0) is 35.1. The zero-order valence-corrected chi connectivity index (χ0v) is 29.2. The lowest BCUT2D eigenvalue weighted by Crippen LogP contribution is -2.09. The highest BCUT2D eigenvalue weighted by Gasteiger charge is 2.15. The predicted molar refractivity (Wildman–Crippen MR) is 227 cm³/mol. The molecule has 0 fully saturated rings. The van der Waals surface area contributed by atoms with Gasteiger partial charge in [0.15, 0.2) is 0 Å². The average Bonchev–Trinajstić information content (AvgIpc) is 3.24. The summed E-state index contributed by atoms with van der Waals surface area (Å²) < 4.78 is 0. The van der Waals surface area contributed by atoms with Gasteiger partial charge in [0.05, 0.1) is 0 Å². The van der Waals surface area contributed by atoms with Crippen molar-refractivity contribution in [2.75, 3.05) is 4.90 Å². The Hall–Kier alpha value is -6.96. The van der Waals surface area contributed by atoms with Crippen LogP contribution in [0, 0.1) is 0 Å². The number of benzene rings is 10. The standard InChI is InChI=1S/C52H35N/c1-2-9-36(10-3-1)37-19-27-44(28-20-37)53(46-31-23-41(24-32-46)48-16-8-13-39-11-4-6-14-47(39)48)45-29-21-38(22-30-45)43-18-17-42-26-33-50-49-15-7-5-12-40(49)25-34-51(50)52(42)35-43/h1-35H. The molecule has 0 unspecified atom stereocenters. The second-order valence-corrected chi connectivity index (χ2v) is 13.8. The maximum Gasteiger partial charge on any atom is 0.0462 e. The summed E-state index contributed by atoms with van der Waals surface area (Å²) >= 11 is 0. The fourth-order valence-electron chi connectivity index (χ4n) is 7.95. The third kappa shape index (κ3) is 5.60. The lowest BCUT2D eigenvalue weighted by atomic mass is 9.94. The van der Waals surface area contributed by atoms with Crippen LogP contribution in [0.2, 0.25) is 0 Å². The van der Waals surface area contributed by atoms with Crippen LogP contribution < -0.4 is 4.90 Å². The Morgan fingerprint density at radius 2 is 0.660 bits per heavy atom. The highest BCUT2D eigenvalue weighted by Crippen LogP contribution is 2.39. The molecule has 0 amide bonds. The van der Waals surface area contributed by atoms with Crippen LogP contribution in [0.5, 0.6) is 0 Å². The Balaban J connectivity index is 1.04. The van der Waals surface area contributed by atoms with Gasteiger partial charge in [-0.3, -0.25) is 0 Å². The molecule has 248 valence electrons. The maximum absolute atomic E-state index is 2.35. The molecule has 0 spiro atoms. The highest BCUT2D eigenvalue weighted by atomic mass is 15.1. The summed E-state index contributed by atoms with van der Waals surface area (Å²) in [5.74, 6) is 0. The van der Waals surface area contributed by atoms with Crippen molar-refractivity contribution in [3.05, 3.63) is 212 Å². The number of hydrogen-bond donors (Lipinski definition) is 0. The molecule has 10 rings (SSSR count). The first-order chi connectivity index (χ1) is 26.3. The summed E-state index contributed by atoms with van der Waals surface area (Å²) in [5, 5.41) is 10.2. The van der Waals surface area contributed by atoms with E-state index in [9.17, 15) is 0 Å². The first-order valence-corrected chi connectivity index (χ1v) is 18.3. The molecule has 0 radical (unpaired) electrons. The van der Waals surface area contributed by atoms with Crippen LogP contribution in [-0.2, 0) is 0 Å². The monoisotopic (exact) mass is 673 g/mol. The Kier molecular flexibility index (Phi) is 7.55. The van der Waals surface area contributed by atoms with E-state index in [1.54, 1.807) is 0 Å². The molecule has 0 aliphatic carbocycles. The summed E-state index contributed by atoms with van der Waals surface area (Å²) in [6.07, 6.45) is 0. The van der Waals surface area contributed by atoms with Crippen LogP contribution in [0.25, 0.3) is 76.5 Å². The molecule has 0 aliphatic rings. The van der Waals surface area contributed by atoms with Gasteiger partial charge < -0.3 is 4.90 Å². The van der Waals surface area contributed by atoms with Gasteiger partial charge in [-0.05, 0) is 119 Å². The molecule has 10 aromatic carbocycles. The van der Waals surface area contributed by atoms with Gasteiger partial charge in [-0.25, -0.2) is 0 Å². The van der Waals surface area contributed by atoms with Crippen LogP contribution >= 0.6 is 0 Å². The van der Waals surface area contributed by atoms with Crippen LogP contribution in [0.1, 0.15) is 0 Å². The third-order valence-electron chi connectivity index (χ3n) is 10.7. The molecule has 0 aromatic heterocycles. The topological polar surface area (TPSA) is 3.24 Å². The predicted octanol–water partition coefficient (Wildman–Crippen LogP) is 14.8. The summed E-state index contributed by atoms with van der Waals surface area (Å²) in [7, 11) is 0. The first kappa shape index (κ1) is 30.8. The van der Waals surface area contributed by atoms with Crippen molar-refractivity contribution in [1.82, 2.24) is 0 Å². The van der Waals surface area contributed by atoms with Gasteiger partial charge in [-0.1, -0.05) is 170 Å². The molecule has 0 bridgehead atoms. The second kappa shape index (κ2) is 13.0. The fourth-order valence-corrected chi connectivity index (χ4v) is 7.95. The molecule has 0 atom stereocenters. The van der Waals surface area contributed by atoms with E-state index in [0.29, 0.717) is 0 Å². The SMILES string of the molecule is c1ccc(-c2ccc(N(c3ccc(-c4ccc5ccc6c7ccccc7ccc6c5c4)cc3)c3ccc(-c4cccc5ccccc45)cc3)cc2)cc1. The molecule has 0 saturated heterocycles. The van der Waals surface area contributed by atoms with E-state index < -0.39 is 0 Å². The molecule has 1 heteroatoms. The van der Waals surface area contributed by atoms with Crippen molar-refractivity contribution in [2.45, 2.75) is 0 Å². The number of hydrogen-bond acceptors (Lipinski definition) is 1. The maximum atomic E-state index is 2.35. The van der Waals surface area contributed by atoms with E-state index in [0.717, 1.165) is 17.1 Å². The lowest BCUT2D eigenvalue weighted by Gasteiger charge is -2.26. The van der Waals surface area contributed by atoms with Crippen molar-refractivity contribution in [3.63, 3.8) is 0 Å². The molecule has 0 N–H and O–H groups in total. The quantitative estimate of drug-likeness (QED) is 0.159. The van der Waals surface area contributed by atoms with E-state index in [4.69, 9.17) is 0 Å². The number of nitrogens with zero attached hydrogens (tertiary/aromatic N) is 1. The van der Waals surface area contributed by atoms with Crippen LogP contribution in [0.15, 0.2) is 212 Å². The third-order valence-corrected chi connectivity index (χ3v) is 10.7. The molecule has 10 aromatic rings. The minimum absolute atomic E-state index is 1.11. The number of rotatable bonds is 6. The van der Waals surface area contributed by atoms with Gasteiger partial charge in [0.25, 0.3) is 0 Å². The largest absolute Gasteiger partial charge is 0.311 e. The fraction of sp³-hybridized carbons (Fsp3) is 0. The summed E-state index contributed by atoms with van der Waals surface area (Å²) in [6.45, 7) is 0. The Morgan fingerprint density at radius 1 is 0.226 bits per heavy atom. The molecular formula is C52H35N. The van der Waals surface area contributed by atoms with E-state index in [1.165, 1.54) is 76.5 Å². The van der Waals surface area contributed by atoms with Gasteiger partial charge in [-0.2, -0.15) is 0 Å². The van der Waals surface area contributed by atoms with Gasteiger partial charge >= 0.3 is 0 Å². The minimum atomic E-state index is 1.11. The molecule has 0 aliphatic heterocycles. The van der Waals surface area contributed by atoms with E-state index >= 15 is 0 Å². The van der Waals surface area contributed by atoms with Crippen molar-refractivity contribution in [1.29, 1.82) is 0 Å². The van der Waals surface area contributed by atoms with E-state index in [1.807, 2.05) is 0 Å². The number of fused-ring (bicyclic) bond motifs is 6. The van der Waals surface area contributed by atoms with Crippen LogP contribution in [-0.4, -0.2) is 0 Å². The van der Waals surface area contributed by atoms with Gasteiger partial charge in [0.2, 0.25) is 0 Å². The lowest BCUT2D eigenvalue weighted by molar-refractivity contribution is 1.28. The summed E-state index contributed by atoms with van der Waals surface area (Å²) in [6, 6.07) is 77.2. The average molecular weight is 674 g/mol. The Labute approximate surface area is 309 Å². The van der Waals surface area contributed by atoms with E-state index in [-0.39, 0.29) is 0 Å². The molecular weight excluding hydrogens is 639 g/mol. The number of anilines is 3. The van der Waals surface area contributed by atoms with Crippen molar-refractivity contribution < 1.29 is 0 Å². The van der Waals surface area contributed by atoms with Crippen LogP contribution in [0.3, 0.4) is 0 Å². The van der Waals surface area contributed by atoms with Crippen molar-refractivity contribution >= 4 is 60.2 Å². The van der Waals surface area contributed by atoms with Crippen molar-refractivity contribution in [2.24, 2.45) is 0 Å². The molecule has 0 saturated carbocycles. The van der Waals surface area contributed by atoms with Crippen molar-refractivity contribution in [3.8, 4) is 33.4 Å². The van der Waals surface area contributed by atoms with Gasteiger partial charge in [-0.15, -0.1) is 0 Å². The zero-order valence-electron chi connectivity index (χ0n) is 29.2. The van der Waals surface area contributed by atoms with Crippen LogP contribution in [0.4, 0.5) is 17.1 Å². The smallest absolute Gasteiger partial charge is 0.0462 e. The molecule has 53 heavy (non-hydrogen) atoms. The summed E-state index contributed by atoms with van der Waals surface area (Å²) in [4.78, 5) is 2.35. The Bertz CT molecular complexity index is 2900. The minimum Gasteiger partial charge on any atom is -0.311 e. The second-order valence-electron chi connectivity index (χ2n) is 13.8. The summed E-state index contributed by atoms with van der Waals surface area (Å²) in [5.41, 5.74) is 10.6. The molecule has 1 nitrogen and oxygen atoms in total. The Morgan fingerprint density at radius 3 is 1.32 bits per heavy atom. The normalized spacial score (nSPS) is 11.4. The highest BCUT2D eigenvalue weighted by molar-refractivity contribution is 6.17. The van der Waals surface area contributed by atoms with Gasteiger partial charge in [0, 0.05) is 17.1 Å². The van der Waals surface area contributed by atoms with E-state index in [2.05, 4.69) is 217 Å². The first-order valence-electron chi connectivity index (χ1n) is 18.3. The van der Waals surface area contributed by atoms with Gasteiger partial charge in [0.1, 0.15) is 0 Å².